The molecule has 152 valence electrons. The Morgan fingerprint density at radius 1 is 0.967 bits per heavy atom. The number of anilines is 2. The molecule has 0 radical (unpaired) electrons. The molecule has 30 heavy (non-hydrogen) atoms. The molecule has 4 rings (SSSR count). The number of rotatable bonds is 5. The van der Waals surface area contributed by atoms with Crippen molar-refractivity contribution in [3.8, 4) is 0 Å². The molecule has 9 heteroatoms. The number of fused-ring (bicyclic) bond motifs is 1. The van der Waals surface area contributed by atoms with Crippen molar-refractivity contribution in [2.45, 2.75) is 18.7 Å². The number of aromatic nitrogens is 2. The Morgan fingerprint density at radius 2 is 1.77 bits per heavy atom. The zero-order valence-corrected chi connectivity index (χ0v) is 17.8. The third-order valence-electron chi connectivity index (χ3n) is 4.54. The number of carbonyl (C=O) groups is 1. The second kappa shape index (κ2) is 7.85. The number of sulfonamides is 1. The highest BCUT2D eigenvalue weighted by molar-refractivity contribution is 7.92. The van der Waals surface area contributed by atoms with E-state index in [0.717, 1.165) is 17.3 Å². The van der Waals surface area contributed by atoms with E-state index in [0.29, 0.717) is 33.5 Å². The fourth-order valence-corrected chi connectivity index (χ4v) is 4.96. The summed E-state index contributed by atoms with van der Waals surface area (Å²) >= 11 is 1.07. The van der Waals surface area contributed by atoms with Gasteiger partial charge in [0.15, 0.2) is 0 Å². The molecule has 0 aliphatic rings. The Balaban J connectivity index is 1.59. The summed E-state index contributed by atoms with van der Waals surface area (Å²) in [7, 11) is -3.79. The monoisotopic (exact) mass is 438 g/mol. The maximum atomic E-state index is 12.8. The van der Waals surface area contributed by atoms with Crippen LogP contribution >= 0.6 is 11.7 Å². The van der Waals surface area contributed by atoms with Crippen LogP contribution in [0.15, 0.2) is 65.6 Å². The maximum absolute atomic E-state index is 12.8. The highest BCUT2D eigenvalue weighted by atomic mass is 32.2. The van der Waals surface area contributed by atoms with Crippen LogP contribution < -0.4 is 10.0 Å². The SMILES string of the molecule is Cc1ccc(C)c(S(=O)(=O)Nc2cccc(C(=O)Nc3cccc4nsnc34)c2)c1. The van der Waals surface area contributed by atoms with Crippen molar-refractivity contribution < 1.29 is 13.2 Å². The zero-order chi connectivity index (χ0) is 21.3. The fourth-order valence-electron chi connectivity index (χ4n) is 3.03. The van der Waals surface area contributed by atoms with Gasteiger partial charge in [0.2, 0.25) is 0 Å². The van der Waals surface area contributed by atoms with Crippen LogP contribution in [-0.2, 0) is 10.0 Å². The predicted molar refractivity (Wildman–Crippen MR) is 119 cm³/mol. The van der Waals surface area contributed by atoms with Crippen LogP contribution in [-0.4, -0.2) is 23.1 Å². The van der Waals surface area contributed by atoms with Gasteiger partial charge in [-0.2, -0.15) is 8.75 Å². The summed E-state index contributed by atoms with van der Waals surface area (Å²) in [6, 6.07) is 16.9. The van der Waals surface area contributed by atoms with Crippen molar-refractivity contribution in [1.29, 1.82) is 0 Å². The second-order valence-corrected chi connectivity index (χ2v) is 9.03. The topological polar surface area (TPSA) is 101 Å². The minimum Gasteiger partial charge on any atom is -0.320 e. The van der Waals surface area contributed by atoms with E-state index in [1.807, 2.05) is 19.1 Å². The van der Waals surface area contributed by atoms with Gasteiger partial charge >= 0.3 is 0 Å². The largest absolute Gasteiger partial charge is 0.320 e. The summed E-state index contributed by atoms with van der Waals surface area (Å²) in [5, 5.41) is 2.81. The third-order valence-corrected chi connectivity index (χ3v) is 6.61. The summed E-state index contributed by atoms with van der Waals surface area (Å²) in [5.41, 5.74) is 3.98. The average Bonchev–Trinajstić information content (AvgIpc) is 3.19. The maximum Gasteiger partial charge on any atom is 0.262 e. The van der Waals surface area contributed by atoms with Gasteiger partial charge in [0.25, 0.3) is 15.9 Å². The number of hydrogen-bond acceptors (Lipinski definition) is 6. The second-order valence-electron chi connectivity index (χ2n) is 6.85. The molecule has 0 fully saturated rings. The van der Waals surface area contributed by atoms with E-state index in [1.165, 1.54) is 6.07 Å². The van der Waals surface area contributed by atoms with Crippen LogP contribution in [0.2, 0.25) is 0 Å². The first-order valence-electron chi connectivity index (χ1n) is 9.06. The van der Waals surface area contributed by atoms with E-state index < -0.39 is 10.0 Å². The Kier molecular flexibility index (Phi) is 5.23. The smallest absolute Gasteiger partial charge is 0.262 e. The van der Waals surface area contributed by atoms with E-state index in [1.54, 1.807) is 49.4 Å². The lowest BCUT2D eigenvalue weighted by molar-refractivity contribution is 0.102. The number of nitrogens with one attached hydrogen (secondary N) is 2. The van der Waals surface area contributed by atoms with Gasteiger partial charge in [-0.15, -0.1) is 0 Å². The van der Waals surface area contributed by atoms with Gasteiger partial charge in [-0.1, -0.05) is 24.3 Å². The molecule has 1 amide bonds. The summed E-state index contributed by atoms with van der Waals surface area (Å²) in [4.78, 5) is 12.9. The lowest BCUT2D eigenvalue weighted by Crippen LogP contribution is -2.16. The van der Waals surface area contributed by atoms with Crippen LogP contribution in [0.1, 0.15) is 21.5 Å². The predicted octanol–water partition coefficient (Wildman–Crippen LogP) is 4.36. The van der Waals surface area contributed by atoms with Gasteiger partial charge in [0.1, 0.15) is 11.0 Å². The van der Waals surface area contributed by atoms with Gasteiger partial charge in [-0.3, -0.25) is 9.52 Å². The van der Waals surface area contributed by atoms with E-state index in [2.05, 4.69) is 18.8 Å². The first-order chi connectivity index (χ1) is 14.3. The molecule has 0 unspecified atom stereocenters. The van der Waals surface area contributed by atoms with Gasteiger partial charge in [-0.25, -0.2) is 8.42 Å². The van der Waals surface area contributed by atoms with Crippen molar-refractivity contribution in [2.24, 2.45) is 0 Å². The number of aryl methyl sites for hydroxylation is 2. The first-order valence-corrected chi connectivity index (χ1v) is 11.3. The molecule has 0 spiro atoms. The fraction of sp³-hybridized carbons (Fsp3) is 0.0952. The number of hydrogen-bond donors (Lipinski definition) is 2. The van der Waals surface area contributed by atoms with Crippen molar-refractivity contribution in [3.05, 3.63) is 77.4 Å². The molecule has 0 saturated carbocycles. The summed E-state index contributed by atoms with van der Waals surface area (Å²) < 4.78 is 36.6. The Labute approximate surface area is 178 Å². The minimum absolute atomic E-state index is 0.208. The highest BCUT2D eigenvalue weighted by Gasteiger charge is 2.18. The molecule has 4 aromatic rings. The minimum atomic E-state index is -3.79. The molecule has 1 heterocycles. The van der Waals surface area contributed by atoms with Crippen molar-refractivity contribution in [1.82, 2.24) is 8.75 Å². The lowest BCUT2D eigenvalue weighted by Gasteiger charge is -2.12. The molecule has 0 aliphatic heterocycles. The van der Waals surface area contributed by atoms with Crippen LogP contribution in [0, 0.1) is 13.8 Å². The van der Waals surface area contributed by atoms with Gasteiger partial charge in [-0.05, 0) is 61.4 Å². The summed E-state index contributed by atoms with van der Waals surface area (Å²) in [6.07, 6.45) is 0. The van der Waals surface area contributed by atoms with Crippen molar-refractivity contribution in [2.75, 3.05) is 10.0 Å². The molecule has 0 aliphatic carbocycles. The molecule has 0 bridgehead atoms. The van der Waals surface area contributed by atoms with Crippen molar-refractivity contribution >= 4 is 50.1 Å². The van der Waals surface area contributed by atoms with E-state index >= 15 is 0 Å². The normalized spacial score (nSPS) is 11.4. The molecule has 2 N–H and O–H groups in total. The number of benzene rings is 3. The van der Waals surface area contributed by atoms with Crippen LogP contribution in [0.25, 0.3) is 11.0 Å². The number of nitrogens with zero attached hydrogens (tertiary/aromatic N) is 2. The third kappa shape index (κ3) is 4.03. The summed E-state index contributed by atoms with van der Waals surface area (Å²) in [5.74, 6) is -0.372. The molecule has 0 atom stereocenters. The first kappa shape index (κ1) is 20.0. The molecular weight excluding hydrogens is 420 g/mol. The molecule has 0 saturated heterocycles. The lowest BCUT2D eigenvalue weighted by atomic mass is 10.2. The van der Waals surface area contributed by atoms with Crippen LogP contribution in [0.4, 0.5) is 11.4 Å². The highest BCUT2D eigenvalue weighted by Crippen LogP contribution is 2.24. The van der Waals surface area contributed by atoms with Crippen LogP contribution in [0.5, 0.6) is 0 Å². The van der Waals surface area contributed by atoms with E-state index in [9.17, 15) is 13.2 Å². The molecule has 3 aromatic carbocycles. The van der Waals surface area contributed by atoms with Crippen LogP contribution in [0.3, 0.4) is 0 Å². The zero-order valence-electron chi connectivity index (χ0n) is 16.2. The van der Waals surface area contributed by atoms with Crippen molar-refractivity contribution in [3.63, 3.8) is 0 Å². The van der Waals surface area contributed by atoms with Gasteiger partial charge < -0.3 is 5.32 Å². The van der Waals surface area contributed by atoms with E-state index in [-0.39, 0.29) is 10.8 Å². The Morgan fingerprint density at radius 3 is 2.60 bits per heavy atom. The van der Waals surface area contributed by atoms with Gasteiger partial charge in [0, 0.05) is 11.3 Å². The number of carbonyl (C=O) groups excluding carboxylic acids is 1. The molecular formula is C21H18N4O3S2. The quantitative estimate of drug-likeness (QED) is 0.482. The molecule has 1 aromatic heterocycles. The van der Waals surface area contributed by atoms with Gasteiger partial charge in [0.05, 0.1) is 22.3 Å². The Bertz CT molecular complexity index is 1360. The van der Waals surface area contributed by atoms with E-state index in [4.69, 9.17) is 0 Å². The summed E-state index contributed by atoms with van der Waals surface area (Å²) in [6.45, 7) is 3.58. The average molecular weight is 439 g/mol. The standard InChI is InChI=1S/C21H18N4O3S2/c1-13-9-10-14(2)19(11-13)30(27,28)25-16-6-3-5-15(12-16)21(26)22-17-7-4-8-18-20(17)24-29-23-18/h3-12,25H,1-2H3,(H,22,26). The number of amides is 1. The Hall–Kier alpha value is -3.30. The molecule has 7 nitrogen and oxygen atoms in total.